The summed E-state index contributed by atoms with van der Waals surface area (Å²) in [5.74, 6) is 0.272. The number of likely N-dealkylation sites (N-methyl/N-ethyl adjacent to an activating group) is 1. The maximum atomic E-state index is 9.50. The van der Waals surface area contributed by atoms with E-state index in [1.165, 1.54) is 5.56 Å². The summed E-state index contributed by atoms with van der Waals surface area (Å²) >= 11 is 3.34. The van der Waals surface area contributed by atoms with Crippen molar-refractivity contribution in [2.45, 2.75) is 12.6 Å². The SMILES string of the molecule is CN(C)C(CNCc1ccc(O)c(Br)c1)c1ccccc1. The van der Waals surface area contributed by atoms with Crippen molar-refractivity contribution in [2.75, 3.05) is 20.6 Å². The number of rotatable bonds is 6. The van der Waals surface area contributed by atoms with Crippen LogP contribution in [0, 0.1) is 0 Å². The normalized spacial score (nSPS) is 12.6. The summed E-state index contributed by atoms with van der Waals surface area (Å²) < 4.78 is 0.731. The number of nitrogens with zero attached hydrogens (tertiary/aromatic N) is 1. The van der Waals surface area contributed by atoms with Crippen LogP contribution in [0.1, 0.15) is 17.2 Å². The summed E-state index contributed by atoms with van der Waals surface area (Å²) in [4.78, 5) is 2.22. The standard InChI is InChI=1S/C17H21BrN2O/c1-20(2)16(14-6-4-3-5-7-14)12-19-11-13-8-9-17(21)15(18)10-13/h3-10,16,19,21H,11-12H2,1-2H3. The van der Waals surface area contributed by atoms with Crippen LogP contribution in [0.5, 0.6) is 5.75 Å². The van der Waals surface area contributed by atoms with E-state index >= 15 is 0 Å². The molecule has 4 heteroatoms. The summed E-state index contributed by atoms with van der Waals surface area (Å²) in [6, 6.07) is 16.4. The third kappa shape index (κ3) is 4.56. The van der Waals surface area contributed by atoms with Gasteiger partial charge in [0.2, 0.25) is 0 Å². The number of benzene rings is 2. The molecule has 112 valence electrons. The molecule has 2 rings (SSSR count). The fraction of sp³-hybridized carbons (Fsp3) is 0.294. The molecule has 0 fully saturated rings. The van der Waals surface area contributed by atoms with Crippen LogP contribution >= 0.6 is 15.9 Å². The van der Waals surface area contributed by atoms with Gasteiger partial charge in [-0.05, 0) is 53.3 Å². The zero-order chi connectivity index (χ0) is 15.2. The minimum absolute atomic E-state index is 0.272. The molecule has 0 amide bonds. The average Bonchev–Trinajstić information content (AvgIpc) is 2.48. The van der Waals surface area contributed by atoms with E-state index in [1.54, 1.807) is 6.07 Å². The summed E-state index contributed by atoms with van der Waals surface area (Å²) in [7, 11) is 4.19. The van der Waals surface area contributed by atoms with E-state index in [1.807, 2.05) is 18.2 Å². The fourth-order valence-corrected chi connectivity index (χ4v) is 2.71. The van der Waals surface area contributed by atoms with Crippen LogP contribution in [-0.2, 0) is 6.54 Å². The van der Waals surface area contributed by atoms with E-state index in [0.29, 0.717) is 6.04 Å². The van der Waals surface area contributed by atoms with Crippen LogP contribution in [0.4, 0.5) is 0 Å². The highest BCUT2D eigenvalue weighted by atomic mass is 79.9. The van der Waals surface area contributed by atoms with Gasteiger partial charge in [-0.25, -0.2) is 0 Å². The lowest BCUT2D eigenvalue weighted by Crippen LogP contribution is -2.30. The molecule has 0 radical (unpaired) electrons. The zero-order valence-electron chi connectivity index (χ0n) is 12.4. The van der Waals surface area contributed by atoms with Gasteiger partial charge in [0.05, 0.1) is 4.47 Å². The second-order valence-electron chi connectivity index (χ2n) is 5.31. The number of hydrogen-bond acceptors (Lipinski definition) is 3. The number of phenols is 1. The number of nitrogens with one attached hydrogen (secondary N) is 1. The van der Waals surface area contributed by atoms with Crippen LogP contribution < -0.4 is 5.32 Å². The largest absolute Gasteiger partial charge is 0.507 e. The molecule has 2 aromatic rings. The zero-order valence-corrected chi connectivity index (χ0v) is 14.0. The topological polar surface area (TPSA) is 35.5 Å². The van der Waals surface area contributed by atoms with Crippen molar-refractivity contribution in [2.24, 2.45) is 0 Å². The van der Waals surface area contributed by atoms with E-state index in [-0.39, 0.29) is 5.75 Å². The van der Waals surface area contributed by atoms with Crippen molar-refractivity contribution in [3.63, 3.8) is 0 Å². The lowest BCUT2D eigenvalue weighted by Gasteiger charge is -2.25. The van der Waals surface area contributed by atoms with Crippen LogP contribution in [0.2, 0.25) is 0 Å². The Hall–Kier alpha value is -1.36. The smallest absolute Gasteiger partial charge is 0.129 e. The van der Waals surface area contributed by atoms with Crippen molar-refractivity contribution < 1.29 is 5.11 Å². The first-order valence-corrected chi connectivity index (χ1v) is 7.76. The van der Waals surface area contributed by atoms with Gasteiger partial charge in [-0.3, -0.25) is 0 Å². The Balaban J connectivity index is 1.95. The van der Waals surface area contributed by atoms with Gasteiger partial charge in [-0.1, -0.05) is 36.4 Å². The van der Waals surface area contributed by atoms with Gasteiger partial charge in [0, 0.05) is 19.1 Å². The Kier molecular flexibility index (Phi) is 5.79. The third-order valence-corrected chi connectivity index (χ3v) is 4.12. The molecule has 2 aromatic carbocycles. The monoisotopic (exact) mass is 348 g/mol. The van der Waals surface area contributed by atoms with Crippen LogP contribution in [0.3, 0.4) is 0 Å². The first kappa shape index (κ1) is 16.0. The molecule has 0 saturated carbocycles. The molecule has 0 heterocycles. The molecular weight excluding hydrogens is 328 g/mol. The summed E-state index contributed by atoms with van der Waals surface area (Å²) in [5, 5.41) is 13.0. The first-order valence-electron chi connectivity index (χ1n) is 6.97. The maximum Gasteiger partial charge on any atom is 0.129 e. The maximum absolute atomic E-state index is 9.50. The summed E-state index contributed by atoms with van der Waals surface area (Å²) in [5.41, 5.74) is 2.45. The summed E-state index contributed by atoms with van der Waals surface area (Å²) in [6.45, 7) is 1.64. The van der Waals surface area contributed by atoms with E-state index in [4.69, 9.17) is 0 Å². The second-order valence-corrected chi connectivity index (χ2v) is 6.16. The molecule has 0 aliphatic heterocycles. The van der Waals surface area contributed by atoms with Crippen molar-refractivity contribution in [3.05, 3.63) is 64.1 Å². The van der Waals surface area contributed by atoms with Gasteiger partial charge >= 0.3 is 0 Å². The van der Waals surface area contributed by atoms with Crippen molar-refractivity contribution >= 4 is 15.9 Å². The third-order valence-electron chi connectivity index (χ3n) is 3.49. The van der Waals surface area contributed by atoms with Crippen molar-refractivity contribution in [1.29, 1.82) is 0 Å². The predicted octanol–water partition coefficient (Wildman–Crippen LogP) is 3.55. The Labute approximate surface area is 134 Å². The molecule has 0 saturated heterocycles. The molecule has 3 nitrogen and oxygen atoms in total. The first-order chi connectivity index (χ1) is 10.1. The molecule has 1 unspecified atom stereocenters. The summed E-state index contributed by atoms with van der Waals surface area (Å²) in [6.07, 6.45) is 0. The number of halogens is 1. The van der Waals surface area contributed by atoms with Gasteiger partial charge < -0.3 is 15.3 Å². The lowest BCUT2D eigenvalue weighted by molar-refractivity contribution is 0.288. The Morgan fingerprint density at radius 3 is 2.48 bits per heavy atom. The van der Waals surface area contributed by atoms with Gasteiger partial charge in [0.25, 0.3) is 0 Å². The van der Waals surface area contributed by atoms with Gasteiger partial charge in [-0.2, -0.15) is 0 Å². The molecule has 2 N–H and O–H groups in total. The Morgan fingerprint density at radius 2 is 1.86 bits per heavy atom. The molecule has 0 bridgehead atoms. The van der Waals surface area contributed by atoms with E-state index in [9.17, 15) is 5.11 Å². The average molecular weight is 349 g/mol. The number of hydrogen-bond donors (Lipinski definition) is 2. The van der Waals surface area contributed by atoms with Crippen LogP contribution in [-0.4, -0.2) is 30.6 Å². The highest BCUT2D eigenvalue weighted by Crippen LogP contribution is 2.24. The Morgan fingerprint density at radius 1 is 1.14 bits per heavy atom. The minimum Gasteiger partial charge on any atom is -0.507 e. The quantitative estimate of drug-likeness (QED) is 0.837. The lowest BCUT2D eigenvalue weighted by atomic mass is 10.1. The van der Waals surface area contributed by atoms with E-state index in [0.717, 1.165) is 23.1 Å². The fourth-order valence-electron chi connectivity index (χ4n) is 2.29. The molecule has 0 spiro atoms. The van der Waals surface area contributed by atoms with Crippen LogP contribution in [0.25, 0.3) is 0 Å². The second kappa shape index (κ2) is 7.59. The molecule has 0 aliphatic rings. The van der Waals surface area contributed by atoms with Gasteiger partial charge in [0.15, 0.2) is 0 Å². The van der Waals surface area contributed by atoms with E-state index < -0.39 is 0 Å². The van der Waals surface area contributed by atoms with E-state index in [2.05, 4.69) is 64.5 Å². The highest BCUT2D eigenvalue weighted by Gasteiger charge is 2.13. The van der Waals surface area contributed by atoms with Crippen LogP contribution in [0.15, 0.2) is 53.0 Å². The van der Waals surface area contributed by atoms with Crippen molar-refractivity contribution in [3.8, 4) is 5.75 Å². The van der Waals surface area contributed by atoms with Crippen molar-refractivity contribution in [1.82, 2.24) is 10.2 Å². The number of phenolic OH excluding ortho intramolecular Hbond substituents is 1. The highest BCUT2D eigenvalue weighted by molar-refractivity contribution is 9.10. The molecule has 0 aromatic heterocycles. The molecule has 1 atom stereocenters. The van der Waals surface area contributed by atoms with Gasteiger partial charge in [-0.15, -0.1) is 0 Å². The molecular formula is C17H21BrN2O. The molecule has 0 aliphatic carbocycles. The molecule has 21 heavy (non-hydrogen) atoms. The minimum atomic E-state index is 0.272. The predicted molar refractivity (Wildman–Crippen MR) is 90.4 cm³/mol. The number of aromatic hydroxyl groups is 1. The Bertz CT molecular complexity index is 572. The van der Waals surface area contributed by atoms with Gasteiger partial charge in [0.1, 0.15) is 5.75 Å².